The van der Waals surface area contributed by atoms with Crippen LogP contribution in [0.5, 0.6) is 5.75 Å². The van der Waals surface area contributed by atoms with Gasteiger partial charge in [0.15, 0.2) is 0 Å². The van der Waals surface area contributed by atoms with Gasteiger partial charge in [-0.05, 0) is 57.1 Å². The van der Waals surface area contributed by atoms with E-state index in [2.05, 4.69) is 21.6 Å². The number of aryl methyl sites for hydroxylation is 1. The lowest BCUT2D eigenvalue weighted by Gasteiger charge is -2.17. The smallest absolute Gasteiger partial charge is 0.340 e. The summed E-state index contributed by atoms with van der Waals surface area (Å²) in [7, 11) is 1.99. The summed E-state index contributed by atoms with van der Waals surface area (Å²) >= 11 is 1.69. The number of aromatic nitrogens is 1. The molecule has 2 heterocycles. The van der Waals surface area contributed by atoms with Gasteiger partial charge in [-0.25, -0.2) is 4.79 Å². The summed E-state index contributed by atoms with van der Waals surface area (Å²) in [5.41, 5.74) is 3.28. The fraction of sp³-hybridized carbons (Fsp3) is 0.375. The maximum atomic E-state index is 13.1. The van der Waals surface area contributed by atoms with E-state index < -0.39 is 0 Å². The zero-order valence-corrected chi connectivity index (χ0v) is 18.4. The van der Waals surface area contributed by atoms with Crippen molar-refractivity contribution in [3.05, 3.63) is 59.3 Å². The molecule has 0 saturated carbocycles. The lowest BCUT2D eigenvalue weighted by molar-refractivity contribution is 0.0527. The number of nitrogens with zero attached hydrogens (tertiary/aromatic N) is 2. The topological polar surface area (TPSA) is 54.7 Å². The number of hydrogen-bond donors (Lipinski definition) is 1. The summed E-state index contributed by atoms with van der Waals surface area (Å²) in [6.45, 7) is 4.83. The molecule has 1 saturated heterocycles. The molecule has 158 valence electrons. The van der Waals surface area contributed by atoms with Gasteiger partial charge >= 0.3 is 5.97 Å². The van der Waals surface area contributed by atoms with Crippen LogP contribution in [0.1, 0.15) is 41.4 Å². The third-order valence-corrected chi connectivity index (χ3v) is 6.77. The number of thioether (sulfide) groups is 1. The van der Waals surface area contributed by atoms with Gasteiger partial charge in [-0.15, -0.1) is 11.8 Å². The number of aromatic hydroxyl groups is 1. The van der Waals surface area contributed by atoms with Crippen molar-refractivity contribution in [3.63, 3.8) is 0 Å². The van der Waals surface area contributed by atoms with Crippen LogP contribution in [-0.4, -0.2) is 40.2 Å². The van der Waals surface area contributed by atoms with Crippen LogP contribution in [0.4, 0.5) is 0 Å². The van der Waals surface area contributed by atoms with Crippen molar-refractivity contribution in [3.8, 4) is 5.75 Å². The monoisotopic (exact) mass is 424 g/mol. The minimum atomic E-state index is -0.319. The van der Waals surface area contributed by atoms with E-state index in [1.807, 2.05) is 38.2 Å². The number of carbonyl (C=O) groups excluding carboxylic acids is 1. The van der Waals surface area contributed by atoms with Crippen LogP contribution >= 0.6 is 11.8 Å². The lowest BCUT2D eigenvalue weighted by atomic mass is 10.0. The van der Waals surface area contributed by atoms with Crippen LogP contribution in [0.2, 0.25) is 0 Å². The van der Waals surface area contributed by atoms with E-state index >= 15 is 0 Å². The summed E-state index contributed by atoms with van der Waals surface area (Å²) in [4.78, 5) is 16.6. The highest BCUT2D eigenvalue weighted by Crippen LogP contribution is 2.37. The van der Waals surface area contributed by atoms with Crippen LogP contribution in [0.3, 0.4) is 0 Å². The summed E-state index contributed by atoms with van der Waals surface area (Å²) in [5.74, 6) is 0.570. The first kappa shape index (κ1) is 20.8. The second-order valence-corrected chi connectivity index (χ2v) is 8.69. The Bertz CT molecular complexity index is 1040. The molecular formula is C24H28N2O3S. The first-order chi connectivity index (χ1) is 14.6. The fourth-order valence-corrected chi connectivity index (χ4v) is 5.22. The fourth-order valence-electron chi connectivity index (χ4n) is 4.23. The molecule has 4 rings (SSSR count). The Morgan fingerprint density at radius 3 is 2.57 bits per heavy atom. The molecular weight excluding hydrogens is 396 g/mol. The molecule has 0 aliphatic carbocycles. The molecule has 2 aromatic carbocycles. The highest BCUT2D eigenvalue weighted by atomic mass is 32.2. The van der Waals surface area contributed by atoms with Crippen molar-refractivity contribution in [1.82, 2.24) is 9.47 Å². The van der Waals surface area contributed by atoms with Crippen molar-refractivity contribution >= 4 is 28.6 Å². The zero-order chi connectivity index (χ0) is 21.1. The molecule has 0 radical (unpaired) electrons. The third kappa shape index (κ3) is 4.07. The number of rotatable bonds is 7. The van der Waals surface area contributed by atoms with E-state index in [1.54, 1.807) is 17.8 Å². The highest BCUT2D eigenvalue weighted by Gasteiger charge is 2.27. The molecule has 0 unspecified atom stereocenters. The lowest BCUT2D eigenvalue weighted by Crippen LogP contribution is -2.19. The molecule has 3 aromatic rings. The maximum Gasteiger partial charge on any atom is 0.340 e. The van der Waals surface area contributed by atoms with Crippen molar-refractivity contribution < 1.29 is 14.6 Å². The predicted octanol–water partition coefficient (Wildman–Crippen LogP) is 4.95. The van der Waals surface area contributed by atoms with E-state index in [4.69, 9.17) is 4.74 Å². The average molecular weight is 425 g/mol. The second-order valence-electron chi connectivity index (χ2n) is 7.64. The van der Waals surface area contributed by atoms with Crippen LogP contribution in [0.25, 0.3) is 10.9 Å². The largest absolute Gasteiger partial charge is 0.508 e. The molecule has 1 aliphatic heterocycles. The number of fused-ring (bicyclic) bond motifs is 1. The standard InChI is InChI=1S/C24H28N2O3S/c1-3-29-24(28)23-20(16-30-17-9-5-4-6-10-17)25(2)19-11-12-21(27)18(22(19)23)15-26-13-7-8-14-26/h4-6,9-12,27H,3,7-8,13-16H2,1-2H3. The minimum absolute atomic E-state index is 0.243. The minimum Gasteiger partial charge on any atom is -0.508 e. The normalized spacial score (nSPS) is 14.5. The number of likely N-dealkylation sites (tertiary alicyclic amines) is 1. The van der Waals surface area contributed by atoms with Crippen molar-refractivity contribution in [2.75, 3.05) is 19.7 Å². The van der Waals surface area contributed by atoms with Gasteiger partial charge in [-0.3, -0.25) is 4.90 Å². The predicted molar refractivity (Wildman–Crippen MR) is 121 cm³/mol. The Labute approximate surface area is 181 Å². The van der Waals surface area contributed by atoms with E-state index in [0.29, 0.717) is 24.5 Å². The van der Waals surface area contributed by atoms with Gasteiger partial charge in [-0.2, -0.15) is 0 Å². The summed E-state index contributed by atoms with van der Waals surface area (Å²) in [6.07, 6.45) is 2.35. The SMILES string of the molecule is CCOC(=O)c1c(CSc2ccccc2)n(C)c2ccc(O)c(CN3CCCC3)c12. The van der Waals surface area contributed by atoms with Crippen LogP contribution in [0, 0.1) is 0 Å². The van der Waals surface area contributed by atoms with E-state index in [9.17, 15) is 9.90 Å². The number of ether oxygens (including phenoxy) is 1. The van der Waals surface area contributed by atoms with Gasteiger partial charge in [0.2, 0.25) is 0 Å². The van der Waals surface area contributed by atoms with Gasteiger partial charge < -0.3 is 14.4 Å². The number of phenols is 1. The molecule has 6 heteroatoms. The van der Waals surface area contributed by atoms with Crippen molar-refractivity contribution in [1.29, 1.82) is 0 Å². The third-order valence-electron chi connectivity index (χ3n) is 5.75. The van der Waals surface area contributed by atoms with Crippen LogP contribution < -0.4 is 0 Å². The number of esters is 1. The first-order valence-corrected chi connectivity index (χ1v) is 11.5. The van der Waals surface area contributed by atoms with E-state index in [-0.39, 0.29) is 11.7 Å². The maximum absolute atomic E-state index is 13.1. The zero-order valence-electron chi connectivity index (χ0n) is 17.6. The molecule has 0 spiro atoms. The van der Waals surface area contributed by atoms with Gasteiger partial charge in [0.25, 0.3) is 0 Å². The summed E-state index contributed by atoms with van der Waals surface area (Å²) in [6, 6.07) is 13.8. The van der Waals surface area contributed by atoms with Gasteiger partial charge in [-0.1, -0.05) is 18.2 Å². The molecule has 1 fully saturated rings. The molecule has 0 bridgehead atoms. The number of hydrogen-bond acceptors (Lipinski definition) is 5. The molecule has 1 aromatic heterocycles. The van der Waals surface area contributed by atoms with Crippen LogP contribution in [-0.2, 0) is 24.1 Å². The number of benzene rings is 2. The van der Waals surface area contributed by atoms with Crippen LogP contribution in [0.15, 0.2) is 47.4 Å². The summed E-state index contributed by atoms with van der Waals surface area (Å²) in [5, 5.41) is 11.5. The summed E-state index contributed by atoms with van der Waals surface area (Å²) < 4.78 is 7.52. The first-order valence-electron chi connectivity index (χ1n) is 10.5. The molecule has 0 amide bonds. The van der Waals surface area contributed by atoms with Gasteiger partial charge in [0.1, 0.15) is 5.75 Å². The number of phenolic OH excluding ortho intramolecular Hbond substituents is 1. The molecule has 0 atom stereocenters. The quantitative estimate of drug-likeness (QED) is 0.430. The molecule has 30 heavy (non-hydrogen) atoms. The van der Waals surface area contributed by atoms with Crippen molar-refractivity contribution in [2.24, 2.45) is 7.05 Å². The molecule has 1 N–H and O–H groups in total. The Morgan fingerprint density at radius 2 is 1.87 bits per heavy atom. The number of carbonyl (C=O) groups is 1. The average Bonchev–Trinajstić information content (AvgIpc) is 3.36. The Hall–Kier alpha value is -2.44. The Morgan fingerprint density at radius 1 is 1.13 bits per heavy atom. The van der Waals surface area contributed by atoms with E-state index in [0.717, 1.165) is 40.1 Å². The molecule has 1 aliphatic rings. The Balaban J connectivity index is 1.82. The Kier molecular flexibility index (Phi) is 6.35. The molecule has 5 nitrogen and oxygen atoms in total. The van der Waals surface area contributed by atoms with E-state index in [1.165, 1.54) is 12.8 Å². The van der Waals surface area contributed by atoms with Gasteiger partial charge in [0.05, 0.1) is 12.2 Å². The highest BCUT2D eigenvalue weighted by molar-refractivity contribution is 7.98. The second kappa shape index (κ2) is 9.14. The van der Waals surface area contributed by atoms with Crippen molar-refractivity contribution in [2.45, 2.75) is 37.0 Å². The van der Waals surface area contributed by atoms with Gasteiger partial charge in [0, 0.05) is 46.4 Å².